The van der Waals surface area contributed by atoms with E-state index in [9.17, 15) is 22.8 Å². The molecule has 0 spiro atoms. The van der Waals surface area contributed by atoms with Crippen LogP contribution in [0.15, 0.2) is 52.0 Å². The van der Waals surface area contributed by atoms with Crippen LogP contribution in [0.1, 0.15) is 19.1 Å². The van der Waals surface area contributed by atoms with Gasteiger partial charge in [0.05, 0.1) is 24.1 Å². The number of benzene rings is 1. The molecule has 3 N–H and O–H groups in total. The fraction of sp³-hybridized carbons (Fsp3) is 0.316. The first-order valence-electron chi connectivity index (χ1n) is 9.23. The topological polar surface area (TPSA) is 138 Å². The van der Waals surface area contributed by atoms with Crippen molar-refractivity contribution < 1.29 is 27.2 Å². The molecule has 1 saturated heterocycles. The van der Waals surface area contributed by atoms with Gasteiger partial charge in [0.15, 0.2) is 0 Å². The van der Waals surface area contributed by atoms with Crippen LogP contribution in [-0.2, 0) is 31.0 Å². The van der Waals surface area contributed by atoms with Gasteiger partial charge in [0.25, 0.3) is 0 Å². The van der Waals surface area contributed by atoms with Crippen LogP contribution in [0, 0.1) is 0 Å². The van der Waals surface area contributed by atoms with Gasteiger partial charge in [-0.25, -0.2) is 8.42 Å². The summed E-state index contributed by atoms with van der Waals surface area (Å²) in [5.74, 6) is -0.749. The maximum absolute atomic E-state index is 13.1. The molecule has 0 radical (unpaired) electrons. The minimum Gasteiger partial charge on any atom is -0.467 e. The lowest BCUT2D eigenvalue weighted by Crippen LogP contribution is -2.58. The number of hydrogen-bond acceptors (Lipinski definition) is 6. The monoisotopic (exact) mass is 434 g/mol. The molecule has 160 valence electrons. The molecule has 0 bridgehead atoms. The number of sulfonamides is 1. The Balaban J connectivity index is 1.74. The van der Waals surface area contributed by atoms with Crippen LogP contribution in [-0.4, -0.2) is 49.6 Å². The van der Waals surface area contributed by atoms with Crippen molar-refractivity contribution in [1.29, 1.82) is 0 Å². The molecule has 10 nitrogen and oxygen atoms in total. The van der Waals surface area contributed by atoms with Crippen molar-refractivity contribution in [1.82, 2.24) is 14.9 Å². The largest absolute Gasteiger partial charge is 0.467 e. The van der Waals surface area contributed by atoms with Crippen LogP contribution < -0.4 is 16.0 Å². The highest BCUT2D eigenvalue weighted by molar-refractivity contribution is 7.89. The van der Waals surface area contributed by atoms with E-state index in [1.165, 1.54) is 37.5 Å². The zero-order valence-corrected chi connectivity index (χ0v) is 17.1. The molecule has 1 atom stereocenters. The highest BCUT2D eigenvalue weighted by Crippen LogP contribution is 2.23. The van der Waals surface area contributed by atoms with E-state index < -0.39 is 27.9 Å². The Morgan fingerprint density at radius 1 is 1.23 bits per heavy atom. The normalized spacial score (nSPS) is 17.2. The Bertz CT molecular complexity index is 1020. The van der Waals surface area contributed by atoms with E-state index >= 15 is 0 Å². The highest BCUT2D eigenvalue weighted by atomic mass is 32.2. The Morgan fingerprint density at radius 3 is 2.60 bits per heavy atom. The van der Waals surface area contributed by atoms with Crippen LogP contribution in [0.5, 0.6) is 0 Å². The van der Waals surface area contributed by atoms with Gasteiger partial charge in [0, 0.05) is 25.7 Å². The number of piperazine rings is 1. The Labute approximate surface area is 173 Å². The molecule has 1 aliphatic heterocycles. The molecule has 0 saturated carbocycles. The summed E-state index contributed by atoms with van der Waals surface area (Å²) in [6.45, 7) is 1.67. The summed E-state index contributed by atoms with van der Waals surface area (Å²) in [4.78, 5) is 35.8. The molecule has 11 heteroatoms. The maximum Gasteiger partial charge on any atom is 0.243 e. The summed E-state index contributed by atoms with van der Waals surface area (Å²) in [6, 6.07) is 7.82. The first-order valence-corrected chi connectivity index (χ1v) is 10.7. The van der Waals surface area contributed by atoms with Gasteiger partial charge >= 0.3 is 0 Å². The molecule has 1 fully saturated rings. The molecule has 0 aliphatic carbocycles. The second-order valence-corrected chi connectivity index (χ2v) is 8.58. The summed E-state index contributed by atoms with van der Waals surface area (Å²) >= 11 is 0. The number of carbonyl (C=O) groups is 3. The van der Waals surface area contributed by atoms with Crippen LogP contribution >= 0.6 is 0 Å². The van der Waals surface area contributed by atoms with Crippen LogP contribution in [0.2, 0.25) is 0 Å². The third kappa shape index (κ3) is 5.05. The summed E-state index contributed by atoms with van der Waals surface area (Å²) in [5, 5.41) is 7.77. The maximum atomic E-state index is 13.1. The minimum atomic E-state index is -4.03. The SMILES string of the molecule is CC(=O)Nc1ccc(S(=O)(=O)N2CCNC(=O)C2CC(=O)NCc2ccco2)cc1. The molecule has 3 rings (SSSR count). The third-order valence-electron chi connectivity index (χ3n) is 4.48. The zero-order chi connectivity index (χ0) is 21.7. The molecule has 30 heavy (non-hydrogen) atoms. The van der Waals surface area contributed by atoms with Crippen LogP contribution in [0.3, 0.4) is 0 Å². The summed E-state index contributed by atoms with van der Waals surface area (Å²) < 4.78 is 32.4. The molecule has 1 aromatic carbocycles. The lowest BCUT2D eigenvalue weighted by molar-refractivity contribution is -0.131. The number of furan rings is 1. The lowest BCUT2D eigenvalue weighted by atomic mass is 10.1. The van der Waals surface area contributed by atoms with Crippen LogP contribution in [0.4, 0.5) is 5.69 Å². The van der Waals surface area contributed by atoms with Crippen molar-refractivity contribution in [2.45, 2.75) is 30.8 Å². The van der Waals surface area contributed by atoms with E-state index in [0.717, 1.165) is 4.31 Å². The van der Waals surface area contributed by atoms with Gasteiger partial charge < -0.3 is 20.4 Å². The van der Waals surface area contributed by atoms with Crippen molar-refractivity contribution in [3.05, 3.63) is 48.4 Å². The predicted octanol–water partition coefficient (Wildman–Crippen LogP) is 0.434. The average Bonchev–Trinajstić information content (AvgIpc) is 3.21. The molecular weight excluding hydrogens is 412 g/mol. The number of amides is 3. The van der Waals surface area contributed by atoms with Gasteiger partial charge in [0.1, 0.15) is 11.8 Å². The van der Waals surface area contributed by atoms with Gasteiger partial charge in [-0.3, -0.25) is 14.4 Å². The third-order valence-corrected chi connectivity index (χ3v) is 6.40. The van der Waals surface area contributed by atoms with Gasteiger partial charge in [-0.15, -0.1) is 0 Å². The Kier molecular flexibility index (Phi) is 6.53. The van der Waals surface area contributed by atoms with Gasteiger partial charge in [-0.2, -0.15) is 4.31 Å². The van der Waals surface area contributed by atoms with Crippen molar-refractivity contribution in [2.75, 3.05) is 18.4 Å². The molecule has 1 unspecified atom stereocenters. The predicted molar refractivity (Wildman–Crippen MR) is 107 cm³/mol. The average molecular weight is 434 g/mol. The number of rotatable bonds is 7. The van der Waals surface area contributed by atoms with E-state index in [0.29, 0.717) is 11.4 Å². The number of anilines is 1. The van der Waals surface area contributed by atoms with Crippen LogP contribution in [0.25, 0.3) is 0 Å². The molecule has 1 aliphatic rings. The first kappa shape index (κ1) is 21.5. The van der Waals surface area contributed by atoms with E-state index in [2.05, 4.69) is 16.0 Å². The highest BCUT2D eigenvalue weighted by Gasteiger charge is 2.39. The molecule has 3 amide bonds. The smallest absolute Gasteiger partial charge is 0.243 e. The summed E-state index contributed by atoms with van der Waals surface area (Å²) in [5.41, 5.74) is 0.451. The van der Waals surface area contributed by atoms with Crippen molar-refractivity contribution in [3.63, 3.8) is 0 Å². The molecule has 1 aromatic heterocycles. The van der Waals surface area contributed by atoms with Crippen molar-refractivity contribution in [2.24, 2.45) is 0 Å². The van der Waals surface area contributed by atoms with Crippen molar-refractivity contribution in [3.8, 4) is 0 Å². The number of carbonyl (C=O) groups excluding carboxylic acids is 3. The zero-order valence-electron chi connectivity index (χ0n) is 16.3. The van der Waals surface area contributed by atoms with Gasteiger partial charge in [-0.05, 0) is 36.4 Å². The van der Waals surface area contributed by atoms with Crippen molar-refractivity contribution >= 4 is 33.4 Å². The standard InChI is InChI=1S/C19H22N4O6S/c1-13(24)22-14-4-6-16(7-5-14)30(27,28)23-9-8-20-19(26)17(23)11-18(25)21-12-15-3-2-10-29-15/h2-7,10,17H,8-9,11-12H2,1H3,(H,20,26)(H,21,25)(H,22,24). The second kappa shape index (κ2) is 9.09. The fourth-order valence-corrected chi connectivity index (χ4v) is 4.66. The number of nitrogens with zero attached hydrogens (tertiary/aromatic N) is 1. The van der Waals surface area contributed by atoms with E-state index in [-0.39, 0.29) is 36.9 Å². The summed E-state index contributed by atoms with van der Waals surface area (Å²) in [6.07, 6.45) is 1.15. The van der Waals surface area contributed by atoms with E-state index in [1.54, 1.807) is 12.1 Å². The van der Waals surface area contributed by atoms with Gasteiger partial charge in [-0.1, -0.05) is 0 Å². The lowest BCUT2D eigenvalue weighted by Gasteiger charge is -2.33. The Morgan fingerprint density at radius 2 is 1.97 bits per heavy atom. The number of hydrogen-bond donors (Lipinski definition) is 3. The Hall–Kier alpha value is -3.18. The fourth-order valence-electron chi connectivity index (χ4n) is 3.07. The molecule has 2 heterocycles. The minimum absolute atomic E-state index is 0.0349. The summed E-state index contributed by atoms with van der Waals surface area (Å²) in [7, 11) is -4.03. The second-order valence-electron chi connectivity index (χ2n) is 6.69. The quantitative estimate of drug-likeness (QED) is 0.578. The number of nitrogens with one attached hydrogen (secondary N) is 3. The van der Waals surface area contributed by atoms with Gasteiger partial charge in [0.2, 0.25) is 27.7 Å². The van der Waals surface area contributed by atoms with E-state index in [4.69, 9.17) is 4.42 Å². The van der Waals surface area contributed by atoms with E-state index in [1.807, 2.05) is 0 Å². The molecular formula is C19H22N4O6S. The first-order chi connectivity index (χ1) is 14.3. The molecule has 2 aromatic rings.